The highest BCUT2D eigenvalue weighted by atomic mass is 16.6. The first-order valence-electron chi connectivity index (χ1n) is 6.07. The van der Waals surface area contributed by atoms with E-state index in [1.54, 1.807) is 6.08 Å². The van der Waals surface area contributed by atoms with Crippen molar-refractivity contribution < 1.29 is 9.53 Å². The van der Waals surface area contributed by atoms with Crippen LogP contribution in [0.15, 0.2) is 30.8 Å². The SMILES string of the molecule is C=Cc1cccc(C(C)(C)NC(=O)OC(C)C)c1. The second-order valence-electron chi connectivity index (χ2n) is 5.03. The van der Waals surface area contributed by atoms with Crippen LogP contribution in [0.25, 0.3) is 6.08 Å². The minimum absolute atomic E-state index is 0.125. The number of nitrogens with one attached hydrogen (secondary N) is 1. The summed E-state index contributed by atoms with van der Waals surface area (Å²) < 4.78 is 5.09. The molecule has 0 radical (unpaired) electrons. The third-order valence-corrected chi connectivity index (χ3v) is 2.60. The van der Waals surface area contributed by atoms with Gasteiger partial charge in [0.2, 0.25) is 0 Å². The summed E-state index contributed by atoms with van der Waals surface area (Å²) in [6, 6.07) is 7.90. The zero-order valence-corrected chi connectivity index (χ0v) is 11.5. The Morgan fingerprint density at radius 3 is 2.67 bits per heavy atom. The monoisotopic (exact) mass is 247 g/mol. The van der Waals surface area contributed by atoms with Gasteiger partial charge in [-0.3, -0.25) is 0 Å². The molecular formula is C15H21NO2. The fourth-order valence-corrected chi connectivity index (χ4v) is 1.63. The summed E-state index contributed by atoms with van der Waals surface area (Å²) in [6.07, 6.45) is 1.26. The molecule has 3 nitrogen and oxygen atoms in total. The van der Waals surface area contributed by atoms with Crippen molar-refractivity contribution in [2.45, 2.75) is 39.3 Å². The van der Waals surface area contributed by atoms with Crippen LogP contribution in [0.3, 0.4) is 0 Å². The summed E-state index contributed by atoms with van der Waals surface area (Å²) in [5.41, 5.74) is 1.56. The Balaban J connectivity index is 2.84. The molecule has 1 amide bonds. The molecule has 1 N–H and O–H groups in total. The zero-order chi connectivity index (χ0) is 13.8. The molecule has 0 saturated heterocycles. The second-order valence-corrected chi connectivity index (χ2v) is 5.03. The molecule has 98 valence electrons. The van der Waals surface area contributed by atoms with Crippen molar-refractivity contribution in [2.75, 3.05) is 0 Å². The predicted octanol–water partition coefficient (Wildman–Crippen LogP) is 3.70. The maximum absolute atomic E-state index is 11.6. The van der Waals surface area contributed by atoms with Gasteiger partial charge in [0, 0.05) is 0 Å². The van der Waals surface area contributed by atoms with Crippen molar-refractivity contribution in [1.82, 2.24) is 5.32 Å². The largest absolute Gasteiger partial charge is 0.447 e. The number of amides is 1. The van der Waals surface area contributed by atoms with Crippen molar-refractivity contribution in [1.29, 1.82) is 0 Å². The molecule has 1 rings (SSSR count). The van der Waals surface area contributed by atoms with E-state index in [1.165, 1.54) is 0 Å². The summed E-state index contributed by atoms with van der Waals surface area (Å²) in [7, 11) is 0. The number of carbonyl (C=O) groups excluding carboxylic acids is 1. The number of ether oxygens (including phenoxy) is 1. The number of rotatable bonds is 4. The Morgan fingerprint density at radius 1 is 1.44 bits per heavy atom. The van der Waals surface area contributed by atoms with Crippen LogP contribution in [-0.2, 0) is 10.3 Å². The van der Waals surface area contributed by atoms with E-state index in [0.717, 1.165) is 11.1 Å². The van der Waals surface area contributed by atoms with E-state index in [2.05, 4.69) is 11.9 Å². The van der Waals surface area contributed by atoms with Gasteiger partial charge in [0.05, 0.1) is 11.6 Å². The molecule has 1 aromatic rings. The highest BCUT2D eigenvalue weighted by molar-refractivity contribution is 5.69. The number of carbonyl (C=O) groups is 1. The van der Waals surface area contributed by atoms with Crippen molar-refractivity contribution in [3.63, 3.8) is 0 Å². The van der Waals surface area contributed by atoms with E-state index < -0.39 is 11.6 Å². The van der Waals surface area contributed by atoms with E-state index in [4.69, 9.17) is 4.74 Å². The Bertz CT molecular complexity index is 436. The van der Waals surface area contributed by atoms with Crippen LogP contribution in [-0.4, -0.2) is 12.2 Å². The van der Waals surface area contributed by atoms with E-state index in [-0.39, 0.29) is 6.10 Å². The summed E-state index contributed by atoms with van der Waals surface area (Å²) in [6.45, 7) is 11.3. The molecular weight excluding hydrogens is 226 g/mol. The van der Waals surface area contributed by atoms with Gasteiger partial charge in [-0.2, -0.15) is 0 Å². The Kier molecular flexibility index (Phi) is 4.54. The molecule has 0 aliphatic carbocycles. The second kappa shape index (κ2) is 5.71. The molecule has 0 heterocycles. The first kappa shape index (κ1) is 14.3. The van der Waals surface area contributed by atoms with Gasteiger partial charge in [0.1, 0.15) is 0 Å². The summed E-state index contributed by atoms with van der Waals surface area (Å²) in [4.78, 5) is 11.6. The van der Waals surface area contributed by atoms with Crippen LogP contribution >= 0.6 is 0 Å². The van der Waals surface area contributed by atoms with Crippen LogP contribution in [0.4, 0.5) is 4.79 Å². The quantitative estimate of drug-likeness (QED) is 0.881. The smallest absolute Gasteiger partial charge is 0.408 e. The molecule has 18 heavy (non-hydrogen) atoms. The number of benzene rings is 1. The highest BCUT2D eigenvalue weighted by Gasteiger charge is 2.24. The van der Waals surface area contributed by atoms with E-state index in [9.17, 15) is 4.79 Å². The van der Waals surface area contributed by atoms with Gasteiger partial charge in [-0.1, -0.05) is 30.9 Å². The lowest BCUT2D eigenvalue weighted by Crippen LogP contribution is -2.42. The van der Waals surface area contributed by atoms with Gasteiger partial charge in [-0.25, -0.2) is 4.79 Å². The normalized spacial score (nSPS) is 11.2. The lowest BCUT2D eigenvalue weighted by molar-refractivity contribution is 0.107. The van der Waals surface area contributed by atoms with Gasteiger partial charge < -0.3 is 10.1 Å². The molecule has 0 aliphatic rings. The fourth-order valence-electron chi connectivity index (χ4n) is 1.63. The maximum atomic E-state index is 11.6. The molecule has 0 saturated carbocycles. The molecule has 0 fully saturated rings. The van der Waals surface area contributed by atoms with Crippen molar-refractivity contribution >= 4 is 12.2 Å². The van der Waals surface area contributed by atoms with Gasteiger partial charge in [-0.05, 0) is 44.9 Å². The molecule has 0 aromatic heterocycles. The molecule has 0 aliphatic heterocycles. The van der Waals surface area contributed by atoms with Crippen LogP contribution in [0.2, 0.25) is 0 Å². The highest BCUT2D eigenvalue weighted by Crippen LogP contribution is 2.21. The van der Waals surface area contributed by atoms with Gasteiger partial charge in [0.15, 0.2) is 0 Å². The van der Waals surface area contributed by atoms with Gasteiger partial charge >= 0.3 is 6.09 Å². The Morgan fingerprint density at radius 2 is 2.11 bits per heavy atom. The number of hydrogen-bond acceptors (Lipinski definition) is 2. The average Bonchev–Trinajstić information content (AvgIpc) is 2.27. The van der Waals surface area contributed by atoms with Crippen molar-refractivity contribution in [3.05, 3.63) is 42.0 Å². The van der Waals surface area contributed by atoms with Crippen LogP contribution in [0.5, 0.6) is 0 Å². The Labute approximate surface area is 109 Å². The average molecular weight is 247 g/mol. The van der Waals surface area contributed by atoms with E-state index >= 15 is 0 Å². The standard InChI is InChI=1S/C15H21NO2/c1-6-12-8-7-9-13(10-12)15(4,5)16-14(17)18-11(2)3/h6-11H,1H2,2-5H3,(H,16,17). The van der Waals surface area contributed by atoms with E-state index in [1.807, 2.05) is 52.0 Å². The lowest BCUT2D eigenvalue weighted by atomic mass is 9.93. The summed E-state index contributed by atoms with van der Waals surface area (Å²) in [5, 5.41) is 2.86. The van der Waals surface area contributed by atoms with Crippen LogP contribution in [0, 0.1) is 0 Å². The number of alkyl carbamates (subject to hydrolysis) is 1. The minimum Gasteiger partial charge on any atom is -0.447 e. The minimum atomic E-state index is -0.481. The predicted molar refractivity (Wildman–Crippen MR) is 74.3 cm³/mol. The molecule has 0 spiro atoms. The number of hydrogen-bond donors (Lipinski definition) is 1. The molecule has 0 atom stereocenters. The molecule has 0 unspecified atom stereocenters. The molecule has 3 heteroatoms. The first-order valence-corrected chi connectivity index (χ1v) is 6.07. The maximum Gasteiger partial charge on any atom is 0.408 e. The Hall–Kier alpha value is -1.77. The third kappa shape index (κ3) is 3.91. The van der Waals surface area contributed by atoms with E-state index in [0.29, 0.717) is 0 Å². The molecule has 1 aromatic carbocycles. The lowest BCUT2D eigenvalue weighted by Gasteiger charge is -2.27. The third-order valence-electron chi connectivity index (χ3n) is 2.60. The summed E-state index contributed by atoms with van der Waals surface area (Å²) >= 11 is 0. The fraction of sp³-hybridized carbons (Fsp3) is 0.400. The summed E-state index contributed by atoms with van der Waals surface area (Å²) in [5.74, 6) is 0. The van der Waals surface area contributed by atoms with Crippen molar-refractivity contribution in [3.8, 4) is 0 Å². The van der Waals surface area contributed by atoms with Crippen molar-refractivity contribution in [2.24, 2.45) is 0 Å². The van der Waals surface area contributed by atoms with Gasteiger partial charge in [-0.15, -0.1) is 0 Å². The first-order chi connectivity index (χ1) is 8.35. The zero-order valence-electron chi connectivity index (χ0n) is 11.5. The van der Waals surface area contributed by atoms with Crippen LogP contribution < -0.4 is 5.32 Å². The topological polar surface area (TPSA) is 38.3 Å². The molecule has 0 bridgehead atoms. The van der Waals surface area contributed by atoms with Crippen LogP contribution in [0.1, 0.15) is 38.8 Å². The van der Waals surface area contributed by atoms with Gasteiger partial charge in [0.25, 0.3) is 0 Å².